The molecule has 268 valence electrons. The van der Waals surface area contributed by atoms with Crippen molar-refractivity contribution >= 4 is 40.9 Å². The molecular formula is C42H50N4O4S. The second kappa shape index (κ2) is 15.9. The molecule has 3 fully saturated rings. The Morgan fingerprint density at radius 3 is 2.10 bits per heavy atom. The number of anilines is 2. The van der Waals surface area contributed by atoms with Gasteiger partial charge in [0.15, 0.2) is 0 Å². The van der Waals surface area contributed by atoms with Gasteiger partial charge in [0.1, 0.15) is 6.04 Å². The molecule has 0 aliphatic carbocycles. The van der Waals surface area contributed by atoms with Crippen LogP contribution >= 0.6 is 11.8 Å². The van der Waals surface area contributed by atoms with E-state index in [-0.39, 0.29) is 36.1 Å². The molecule has 1 spiro atoms. The van der Waals surface area contributed by atoms with Gasteiger partial charge in [-0.25, -0.2) is 0 Å². The molecule has 2 bridgehead atoms. The molecule has 3 amide bonds. The highest BCUT2D eigenvalue weighted by atomic mass is 32.2. The fraction of sp³-hybridized carbons (Fsp3) is 0.405. The van der Waals surface area contributed by atoms with E-state index in [2.05, 4.69) is 31.9 Å². The number of aliphatic hydroxyl groups is 1. The molecule has 51 heavy (non-hydrogen) atoms. The van der Waals surface area contributed by atoms with Crippen LogP contribution in [0.1, 0.15) is 37.8 Å². The summed E-state index contributed by atoms with van der Waals surface area (Å²) in [6.45, 7) is 14.6. The minimum absolute atomic E-state index is 0.0808. The molecule has 0 aromatic heterocycles. The summed E-state index contributed by atoms with van der Waals surface area (Å²) in [4.78, 5) is 52.4. The monoisotopic (exact) mass is 706 g/mol. The molecule has 6 atom stereocenters. The van der Waals surface area contributed by atoms with Gasteiger partial charge < -0.3 is 24.7 Å². The Kier molecular flexibility index (Phi) is 11.4. The van der Waals surface area contributed by atoms with Crippen molar-refractivity contribution in [3.8, 4) is 0 Å². The van der Waals surface area contributed by atoms with Crippen molar-refractivity contribution in [3.63, 3.8) is 0 Å². The zero-order valence-electron chi connectivity index (χ0n) is 29.8. The van der Waals surface area contributed by atoms with Crippen LogP contribution in [0.2, 0.25) is 0 Å². The van der Waals surface area contributed by atoms with E-state index in [4.69, 9.17) is 0 Å². The first-order chi connectivity index (χ1) is 24.8. The first-order valence-corrected chi connectivity index (χ1v) is 19.0. The fourth-order valence-electron chi connectivity index (χ4n) is 8.62. The number of carbonyl (C=O) groups excluding carboxylic acids is 3. The average molecular weight is 707 g/mol. The molecule has 0 saturated carbocycles. The number of hydrogen-bond acceptors (Lipinski definition) is 6. The number of rotatable bonds is 16. The topological polar surface area (TPSA) is 84.4 Å². The number of benzene rings is 3. The maximum atomic E-state index is 15.2. The zero-order chi connectivity index (χ0) is 36.1. The van der Waals surface area contributed by atoms with Crippen LogP contribution in [0.25, 0.3) is 0 Å². The second-order valence-electron chi connectivity index (χ2n) is 13.7. The number of hydrogen-bond donors (Lipinski definition) is 1. The van der Waals surface area contributed by atoms with Crippen LogP contribution < -0.4 is 9.80 Å². The van der Waals surface area contributed by atoms with Crippen LogP contribution in [-0.2, 0) is 27.3 Å². The number of thioether (sulfide) groups is 1. The molecule has 3 heterocycles. The Labute approximate surface area is 306 Å². The summed E-state index contributed by atoms with van der Waals surface area (Å²) in [6.07, 6.45) is 5.20. The molecule has 8 nitrogen and oxygen atoms in total. The van der Waals surface area contributed by atoms with E-state index < -0.39 is 28.7 Å². The molecular weight excluding hydrogens is 657 g/mol. The first kappa shape index (κ1) is 36.5. The van der Waals surface area contributed by atoms with Gasteiger partial charge in [0.05, 0.1) is 29.2 Å². The number of nitrogens with zero attached hydrogens (tertiary/aromatic N) is 4. The van der Waals surface area contributed by atoms with E-state index >= 15 is 9.59 Å². The summed E-state index contributed by atoms with van der Waals surface area (Å²) in [5.41, 5.74) is 3.75. The highest BCUT2D eigenvalue weighted by molar-refractivity contribution is 8.02. The van der Waals surface area contributed by atoms with Gasteiger partial charge in [0, 0.05) is 49.3 Å². The van der Waals surface area contributed by atoms with Crippen LogP contribution in [0.3, 0.4) is 0 Å². The number of aliphatic hydroxyl groups excluding tert-OH is 1. The fourth-order valence-corrected chi connectivity index (χ4v) is 10.8. The third kappa shape index (κ3) is 6.86. The Bertz CT molecular complexity index is 1700. The summed E-state index contributed by atoms with van der Waals surface area (Å²) in [5, 5.41) is 10.9. The van der Waals surface area contributed by atoms with Gasteiger partial charge in [-0.2, -0.15) is 0 Å². The van der Waals surface area contributed by atoms with Crippen LogP contribution in [0.5, 0.6) is 0 Å². The Balaban J connectivity index is 1.41. The predicted molar refractivity (Wildman–Crippen MR) is 207 cm³/mol. The van der Waals surface area contributed by atoms with Gasteiger partial charge in [-0.3, -0.25) is 14.4 Å². The van der Waals surface area contributed by atoms with Crippen molar-refractivity contribution < 1.29 is 19.5 Å². The Hall–Kier alpha value is -4.34. The summed E-state index contributed by atoms with van der Waals surface area (Å²) < 4.78 is -0.809. The summed E-state index contributed by atoms with van der Waals surface area (Å²) >= 11 is 1.65. The van der Waals surface area contributed by atoms with Gasteiger partial charge >= 0.3 is 0 Å². The third-order valence-electron chi connectivity index (χ3n) is 10.9. The van der Waals surface area contributed by atoms with E-state index in [1.807, 2.05) is 84.9 Å². The average Bonchev–Trinajstić information content (AvgIpc) is 3.81. The highest BCUT2D eigenvalue weighted by Gasteiger charge is 2.74. The molecule has 3 aliphatic heterocycles. The van der Waals surface area contributed by atoms with Crippen molar-refractivity contribution in [2.24, 2.45) is 11.8 Å². The second-order valence-corrected chi connectivity index (χ2v) is 15.3. The normalized spacial score (nSPS) is 23.8. The molecule has 1 N–H and O–H groups in total. The van der Waals surface area contributed by atoms with Gasteiger partial charge in [-0.1, -0.05) is 72.8 Å². The minimum Gasteiger partial charge on any atom is -0.394 e. The van der Waals surface area contributed by atoms with Gasteiger partial charge in [-0.15, -0.1) is 24.9 Å². The minimum atomic E-state index is -0.868. The molecule has 9 heteroatoms. The standard InChI is InChI=1S/C42H50N4O4S/c1-5-25-44(28-31-17-13-10-14-18-31)39(48)36-35-23-24-42(51-35)37(36)40(49)46(34(29-47)27-30-15-11-9-12-16-30)38(42)41(50)45(26-6-2)33-21-19-32(20-22-33)43(7-3)8-4/h5-6,9-22,34-38,47H,1-2,7-8,23-29H2,3-4H3/t34-,35+,36-,37+,38?,42?/m1/s1. The van der Waals surface area contributed by atoms with E-state index in [0.29, 0.717) is 25.9 Å². The molecule has 3 aromatic carbocycles. The predicted octanol–water partition coefficient (Wildman–Crippen LogP) is 5.96. The molecule has 3 aromatic rings. The number of carbonyl (C=O) groups is 3. The lowest BCUT2D eigenvalue weighted by Crippen LogP contribution is -2.58. The lowest BCUT2D eigenvalue weighted by atomic mass is 9.70. The molecule has 3 saturated heterocycles. The lowest BCUT2D eigenvalue weighted by Gasteiger charge is -2.40. The largest absolute Gasteiger partial charge is 0.394 e. The summed E-state index contributed by atoms with van der Waals surface area (Å²) in [5.74, 6) is -1.78. The van der Waals surface area contributed by atoms with Gasteiger partial charge in [0.2, 0.25) is 11.8 Å². The first-order valence-electron chi connectivity index (χ1n) is 18.2. The van der Waals surface area contributed by atoms with E-state index in [1.54, 1.807) is 38.6 Å². The highest BCUT2D eigenvalue weighted by Crippen LogP contribution is 2.67. The van der Waals surface area contributed by atoms with Crippen molar-refractivity contribution in [1.82, 2.24) is 9.80 Å². The summed E-state index contributed by atoms with van der Waals surface area (Å²) in [6, 6.07) is 26.1. The van der Waals surface area contributed by atoms with Crippen molar-refractivity contribution in [3.05, 3.63) is 121 Å². The van der Waals surface area contributed by atoms with Crippen molar-refractivity contribution in [1.29, 1.82) is 0 Å². The Morgan fingerprint density at radius 2 is 1.51 bits per heavy atom. The van der Waals surface area contributed by atoms with Crippen LogP contribution in [0.15, 0.2) is 110 Å². The molecule has 0 radical (unpaired) electrons. The third-order valence-corrected chi connectivity index (χ3v) is 12.9. The summed E-state index contributed by atoms with van der Waals surface area (Å²) in [7, 11) is 0. The van der Waals surface area contributed by atoms with E-state index in [1.165, 1.54) is 0 Å². The lowest BCUT2D eigenvalue weighted by molar-refractivity contribution is -0.145. The quantitative estimate of drug-likeness (QED) is 0.185. The van der Waals surface area contributed by atoms with Crippen LogP contribution in [0.4, 0.5) is 11.4 Å². The number of likely N-dealkylation sites (tertiary alicyclic amines) is 1. The van der Waals surface area contributed by atoms with Crippen LogP contribution in [0, 0.1) is 11.8 Å². The maximum absolute atomic E-state index is 15.2. The zero-order valence-corrected chi connectivity index (χ0v) is 30.6. The van der Waals surface area contributed by atoms with E-state index in [9.17, 15) is 9.90 Å². The van der Waals surface area contributed by atoms with Crippen molar-refractivity contribution in [2.75, 3.05) is 42.6 Å². The smallest absolute Gasteiger partial charge is 0.251 e. The molecule has 3 aliphatic rings. The van der Waals surface area contributed by atoms with Gasteiger partial charge in [-0.05, 0) is 68.5 Å². The number of amides is 3. The SMILES string of the molecule is C=CCN(Cc1ccccc1)C(=O)[C@@H]1[C@@H]2CCC3(S2)C(C(=O)N(CC=C)c2ccc(N(CC)CC)cc2)N([C@@H](CO)Cc2ccccc2)C(=O)[C@H]13. The number of fused-ring (bicyclic) bond motifs is 1. The van der Waals surface area contributed by atoms with E-state index in [0.717, 1.165) is 42.0 Å². The van der Waals surface area contributed by atoms with Crippen LogP contribution in [-0.4, -0.2) is 87.5 Å². The molecule has 6 rings (SSSR count). The maximum Gasteiger partial charge on any atom is 0.251 e. The van der Waals surface area contributed by atoms with Gasteiger partial charge in [0.25, 0.3) is 5.91 Å². The molecule has 2 unspecified atom stereocenters. The Morgan fingerprint density at radius 1 is 0.902 bits per heavy atom. The van der Waals surface area contributed by atoms with Crippen molar-refractivity contribution in [2.45, 2.75) is 61.7 Å².